The Balaban J connectivity index is 0.000000157. The lowest BCUT2D eigenvalue weighted by Crippen LogP contribution is -2.58. The predicted molar refractivity (Wildman–Crippen MR) is 385 cm³/mol. The largest absolute Gasteiger partial charge is 0.396 e. The fourth-order valence-corrected chi connectivity index (χ4v) is 27.7. The number of hydrogen-bond donors (Lipinski definition) is 5. The molecule has 0 aliphatic heterocycles. The van der Waals surface area contributed by atoms with E-state index in [1.54, 1.807) is 13.8 Å². The van der Waals surface area contributed by atoms with Gasteiger partial charge < -0.3 is 30.3 Å². The summed E-state index contributed by atoms with van der Waals surface area (Å²) >= 11 is 0. The van der Waals surface area contributed by atoms with Gasteiger partial charge in [-0.25, -0.2) is 17.6 Å². The van der Waals surface area contributed by atoms with E-state index in [1.165, 1.54) is 74.5 Å². The van der Waals surface area contributed by atoms with Crippen LogP contribution in [0.3, 0.4) is 0 Å². The Morgan fingerprint density at radius 3 is 1.29 bits per heavy atom. The quantitative estimate of drug-likeness (QED) is 0.0733. The third-order valence-corrected chi connectivity index (χ3v) is 33.8. The Morgan fingerprint density at radius 2 is 0.896 bits per heavy atom. The van der Waals surface area contributed by atoms with Gasteiger partial charge in [0.25, 0.3) is 0 Å². The van der Waals surface area contributed by atoms with Gasteiger partial charge in [0.1, 0.15) is 0 Å². The number of fused-ring (bicyclic) bond motifs is 15. The number of alkyl halides is 4. The Hall–Kier alpha value is -1.30. The lowest BCUT2D eigenvalue weighted by Gasteiger charge is -2.61. The summed E-state index contributed by atoms with van der Waals surface area (Å²) in [6.07, 6.45) is 35.2. The Kier molecular flexibility index (Phi) is 22.5. The van der Waals surface area contributed by atoms with E-state index in [2.05, 4.69) is 115 Å². The van der Waals surface area contributed by atoms with Crippen molar-refractivity contribution in [3.05, 3.63) is 34.9 Å². The third kappa shape index (κ3) is 13.7. The Morgan fingerprint density at radius 1 is 0.490 bits per heavy atom. The van der Waals surface area contributed by atoms with E-state index in [0.29, 0.717) is 71.0 Å². The van der Waals surface area contributed by atoms with Gasteiger partial charge in [-0.3, -0.25) is 0 Å². The van der Waals surface area contributed by atoms with E-state index in [-0.39, 0.29) is 95.7 Å². The fourth-order valence-electron chi connectivity index (χ4n) is 27.7. The van der Waals surface area contributed by atoms with Crippen LogP contribution in [0.4, 0.5) is 17.6 Å². The lowest BCUT2D eigenvalue weighted by atomic mass is 9.45. The van der Waals surface area contributed by atoms with Crippen LogP contribution in [0.15, 0.2) is 34.9 Å². The molecule has 0 amide bonds. The second-order valence-corrected chi connectivity index (χ2v) is 39.4. The molecule has 9 fully saturated rings. The van der Waals surface area contributed by atoms with Crippen molar-refractivity contribution in [1.82, 2.24) is 0 Å². The summed E-state index contributed by atoms with van der Waals surface area (Å²) in [5.74, 6) is 3.24. The maximum Gasteiger partial charge on any atom is 0.248 e. The van der Waals surface area contributed by atoms with Crippen LogP contribution in [0.2, 0.25) is 0 Å². The second-order valence-electron chi connectivity index (χ2n) is 39.4. The number of ether oxygens (including phenoxy) is 1. The molecule has 0 heterocycles. The number of aliphatic hydroxyl groups is 5. The molecule has 10 heteroatoms. The van der Waals surface area contributed by atoms with Crippen molar-refractivity contribution in [2.24, 2.45) is 139 Å². The molecule has 552 valence electrons. The zero-order valence-electron chi connectivity index (χ0n) is 64.4. The number of allylic oxidation sites excluding steroid dienone is 3. The monoisotopic (exact) mass is 1350 g/mol. The molecule has 6 nitrogen and oxygen atoms in total. The van der Waals surface area contributed by atoms with E-state index < -0.39 is 28.6 Å². The fraction of sp³-hybridized carbons (Fsp3) is 0.930. The molecule has 0 aromatic heterocycles. The molecule has 0 bridgehead atoms. The van der Waals surface area contributed by atoms with Crippen LogP contribution in [0, 0.1) is 139 Å². The topological polar surface area (TPSA) is 110 Å². The van der Waals surface area contributed by atoms with Crippen molar-refractivity contribution < 1.29 is 47.8 Å². The summed E-state index contributed by atoms with van der Waals surface area (Å²) < 4.78 is 63.3. The smallest absolute Gasteiger partial charge is 0.248 e. The van der Waals surface area contributed by atoms with Crippen LogP contribution < -0.4 is 0 Å². The number of methoxy groups -OCH3 is 1. The first-order valence-electron chi connectivity index (χ1n) is 40.5. The maximum atomic E-state index is 14.3. The van der Waals surface area contributed by atoms with Crippen molar-refractivity contribution in [3.63, 3.8) is 0 Å². The van der Waals surface area contributed by atoms with Crippen LogP contribution in [0.1, 0.15) is 310 Å². The van der Waals surface area contributed by atoms with Gasteiger partial charge in [0.05, 0.1) is 22.9 Å². The summed E-state index contributed by atoms with van der Waals surface area (Å²) in [4.78, 5) is 0. The van der Waals surface area contributed by atoms with Crippen LogP contribution in [0.5, 0.6) is 0 Å². The van der Waals surface area contributed by atoms with Gasteiger partial charge in [-0.2, -0.15) is 0 Å². The summed E-state index contributed by atoms with van der Waals surface area (Å²) in [5.41, 5.74) is 3.85. The molecule has 0 aromatic rings. The molecule has 0 aromatic carbocycles. The molecule has 12 aliphatic carbocycles. The van der Waals surface area contributed by atoms with Crippen molar-refractivity contribution in [2.75, 3.05) is 20.3 Å². The lowest BCUT2D eigenvalue weighted by molar-refractivity contribution is -0.149. The first-order valence-corrected chi connectivity index (χ1v) is 40.5. The van der Waals surface area contributed by atoms with E-state index in [4.69, 9.17) is 4.74 Å². The molecule has 0 radical (unpaired) electrons. The number of halogens is 4. The summed E-state index contributed by atoms with van der Waals surface area (Å²) in [6, 6.07) is 0. The van der Waals surface area contributed by atoms with E-state index in [9.17, 15) is 43.1 Å². The molecular formula is C86H144F4O6. The molecule has 9 saturated carbocycles. The normalized spacial score (nSPS) is 47.3. The highest BCUT2D eigenvalue weighted by Crippen LogP contribution is 2.73. The standard InChI is InChI=1S/C30H52O2.2C28H46F2O2/c1-8-30(32)18-21-9-10-23-25-12-11-24(20(2)13-15-27(3,4)5)28(25,6)16-14-26(23)29(21,7)17-22(30)19-31;1-7-27(31)14-13-25(4)19(16-27)9-10-20-22-12-11-21(18(3)15-28(29,30)8-2)26(22,5)17-23(32-6)24(20)25;1-6-27(32)16-19-8-9-21-23-11-10-22(18(3)14-28(29,30)7-2)25(23,4)13-12-24(21)26(19,5)15-20(27)17-31/h9,20,22-26,31-32H,8,10-19H2,1-7H3;9,18,20-24,31H,7-8,10-17H2,1-6H3;8,18,20-24,31-32H,6-7,9-17H2,1-5H3/t20-,22-,23+,24-,25+,26+,28-,29+,30-;18-,20+,21-,22+,23+,24-,25+,26-,27+;18-,20-,21+,22-,23+,24+,25-,26+,27-/m111/s1. The summed E-state index contributed by atoms with van der Waals surface area (Å²) in [7, 11) is 1.86. The summed E-state index contributed by atoms with van der Waals surface area (Å²) in [6.45, 7) is 38.3. The average Bonchev–Trinajstić information content (AvgIpc) is 1.23. The highest BCUT2D eigenvalue weighted by Gasteiger charge is 2.66. The molecule has 12 rings (SSSR count). The van der Waals surface area contributed by atoms with E-state index >= 15 is 0 Å². The second kappa shape index (κ2) is 28.0. The van der Waals surface area contributed by atoms with Gasteiger partial charge in [-0.05, 0) is 294 Å². The first kappa shape index (κ1) is 77.3. The van der Waals surface area contributed by atoms with Gasteiger partial charge >= 0.3 is 0 Å². The van der Waals surface area contributed by atoms with Gasteiger partial charge in [-0.15, -0.1) is 0 Å². The number of rotatable bonds is 17. The molecule has 96 heavy (non-hydrogen) atoms. The molecule has 27 atom stereocenters. The Bertz CT molecular complexity index is 2760. The molecule has 0 spiro atoms. The molecule has 5 N–H and O–H groups in total. The number of aliphatic hydroxyl groups excluding tert-OH is 2. The van der Waals surface area contributed by atoms with Crippen molar-refractivity contribution in [2.45, 2.75) is 345 Å². The van der Waals surface area contributed by atoms with E-state index in [1.807, 2.05) is 14.0 Å². The minimum atomic E-state index is -2.56. The molecular weight excluding hydrogens is 1200 g/mol. The molecule has 0 unspecified atom stereocenters. The van der Waals surface area contributed by atoms with Crippen molar-refractivity contribution >= 4 is 0 Å². The zero-order valence-corrected chi connectivity index (χ0v) is 64.4. The third-order valence-electron chi connectivity index (χ3n) is 33.8. The first-order chi connectivity index (χ1) is 44.7. The number of hydrogen-bond acceptors (Lipinski definition) is 6. The molecule has 0 saturated heterocycles. The van der Waals surface area contributed by atoms with Crippen molar-refractivity contribution in [3.8, 4) is 0 Å². The van der Waals surface area contributed by atoms with Crippen LogP contribution >= 0.6 is 0 Å². The predicted octanol–water partition coefficient (Wildman–Crippen LogP) is 21.8. The maximum absolute atomic E-state index is 14.3. The van der Waals surface area contributed by atoms with Gasteiger partial charge in [0, 0.05) is 57.8 Å². The SMILES string of the molecule is CCC(F)(F)C[C@@H](C)[C@H]1CC[C@H]2[C@@H]3CC=C4C[C@](O)(CC)CC[C@]4(C)[C@H]3[C@@H](OC)C[C@]12C.CCC(F)(F)C[C@@H](C)[C@H]1CC[C@H]2[C@@H]3CC=C4C[C@](O)(CC)[C@@H](CO)C[C@]4(C)[C@H]3CC[C@]12C.CC[C@@]1(O)CC2=CC[C@H]3[C@@H]4CC[C@H]([C@H](C)CCC(C)(C)C)[C@@]4(C)CC[C@@H]3[C@@]2(C)C[C@@H]1CO. The minimum Gasteiger partial charge on any atom is -0.396 e. The van der Waals surface area contributed by atoms with Crippen LogP contribution in [0.25, 0.3) is 0 Å². The zero-order chi connectivity index (χ0) is 70.6. The Labute approximate surface area is 583 Å². The van der Waals surface area contributed by atoms with Gasteiger partial charge in [0.15, 0.2) is 0 Å². The average molecular weight is 1350 g/mol. The minimum absolute atomic E-state index is 0.0135. The van der Waals surface area contributed by atoms with E-state index in [0.717, 1.165) is 126 Å². The van der Waals surface area contributed by atoms with Gasteiger partial charge in [-0.1, -0.05) is 153 Å². The summed E-state index contributed by atoms with van der Waals surface area (Å²) in [5, 5.41) is 53.8. The van der Waals surface area contributed by atoms with Crippen LogP contribution in [-0.4, -0.2) is 80.6 Å². The van der Waals surface area contributed by atoms with Crippen LogP contribution in [-0.2, 0) is 4.74 Å². The van der Waals surface area contributed by atoms with Gasteiger partial charge in [0.2, 0.25) is 11.8 Å². The highest BCUT2D eigenvalue weighted by molar-refractivity contribution is 5.32. The molecule has 12 aliphatic rings. The highest BCUT2D eigenvalue weighted by atomic mass is 19.3. The van der Waals surface area contributed by atoms with Crippen molar-refractivity contribution in [1.29, 1.82) is 0 Å².